The smallest absolute Gasteiger partial charge is 0.263 e. The molecule has 0 bridgehead atoms. The van der Waals surface area contributed by atoms with Crippen molar-refractivity contribution in [1.29, 1.82) is 0 Å². The quantitative estimate of drug-likeness (QED) is 0.525. The molecule has 0 unspecified atom stereocenters. The van der Waals surface area contributed by atoms with Crippen LogP contribution in [0.15, 0.2) is 0 Å². The lowest BCUT2D eigenvalue weighted by Gasteiger charge is -2.22. The van der Waals surface area contributed by atoms with Crippen molar-refractivity contribution >= 4 is 10.1 Å². The van der Waals surface area contributed by atoms with Crippen molar-refractivity contribution in [3.8, 4) is 0 Å². The van der Waals surface area contributed by atoms with Gasteiger partial charge in [-0.3, -0.25) is 4.18 Å². The third-order valence-corrected chi connectivity index (χ3v) is 3.08. The van der Waals surface area contributed by atoms with Gasteiger partial charge in [-0.1, -0.05) is 13.3 Å². The average Bonchev–Trinajstić information content (AvgIpc) is 2.10. The first-order chi connectivity index (χ1) is 7.02. The van der Waals surface area contributed by atoms with Crippen LogP contribution in [0.25, 0.3) is 0 Å². The van der Waals surface area contributed by atoms with Crippen molar-refractivity contribution in [1.82, 2.24) is 0 Å². The highest BCUT2D eigenvalue weighted by molar-refractivity contribution is 7.86. The summed E-state index contributed by atoms with van der Waals surface area (Å²) in [5.74, 6) is -9.26. The highest BCUT2D eigenvalue weighted by Crippen LogP contribution is 2.34. The van der Waals surface area contributed by atoms with Crippen molar-refractivity contribution in [2.45, 2.75) is 38.5 Å². The zero-order valence-corrected chi connectivity index (χ0v) is 9.79. The summed E-state index contributed by atoms with van der Waals surface area (Å²) in [7, 11) is -4.15. The standard InChI is InChI=1S/C8H14F4O3S/c1-3-4-5-16(13,14)15-6-8(11,12)7(2,9)10/h3-6H2,1-2H3. The molecule has 0 radical (unpaired) electrons. The molecular weight excluding hydrogens is 252 g/mol. The van der Waals surface area contributed by atoms with Gasteiger partial charge in [0.2, 0.25) is 0 Å². The number of halogens is 4. The average molecular weight is 266 g/mol. The van der Waals surface area contributed by atoms with Crippen molar-refractivity contribution in [2.75, 3.05) is 12.4 Å². The maximum Gasteiger partial charge on any atom is 0.334 e. The molecule has 0 saturated carbocycles. The highest BCUT2D eigenvalue weighted by atomic mass is 32.2. The van der Waals surface area contributed by atoms with Crippen LogP contribution < -0.4 is 0 Å². The lowest BCUT2D eigenvalue weighted by molar-refractivity contribution is -0.210. The Kier molecular flexibility index (Phi) is 5.18. The van der Waals surface area contributed by atoms with Crippen molar-refractivity contribution < 1.29 is 30.2 Å². The summed E-state index contributed by atoms with van der Waals surface area (Å²) in [5.41, 5.74) is 0. The molecular formula is C8H14F4O3S. The predicted molar refractivity (Wildman–Crippen MR) is 50.2 cm³/mol. The highest BCUT2D eigenvalue weighted by Gasteiger charge is 2.53. The largest absolute Gasteiger partial charge is 0.334 e. The van der Waals surface area contributed by atoms with Crippen LogP contribution in [-0.4, -0.2) is 32.6 Å². The second-order valence-electron chi connectivity index (χ2n) is 3.47. The zero-order chi connectivity index (χ0) is 13.0. The SMILES string of the molecule is CCCCS(=O)(=O)OCC(F)(F)C(C)(F)F. The summed E-state index contributed by atoms with van der Waals surface area (Å²) in [5, 5.41) is 0. The van der Waals surface area contributed by atoms with Gasteiger partial charge in [-0.25, -0.2) is 8.78 Å². The Morgan fingerprint density at radius 3 is 2.06 bits per heavy atom. The Hall–Kier alpha value is -0.370. The first kappa shape index (κ1) is 15.6. The van der Waals surface area contributed by atoms with Crippen LogP contribution in [0.4, 0.5) is 17.6 Å². The van der Waals surface area contributed by atoms with Gasteiger partial charge in [-0.05, 0) is 6.42 Å². The summed E-state index contributed by atoms with van der Waals surface area (Å²) in [4.78, 5) is 0. The Labute approximate surface area is 91.9 Å². The van der Waals surface area contributed by atoms with Gasteiger partial charge in [-0.15, -0.1) is 0 Å². The monoisotopic (exact) mass is 266 g/mol. The Bertz CT molecular complexity index is 308. The number of rotatable bonds is 7. The molecule has 16 heavy (non-hydrogen) atoms. The van der Waals surface area contributed by atoms with Crippen molar-refractivity contribution in [3.63, 3.8) is 0 Å². The molecule has 0 heterocycles. The lowest BCUT2D eigenvalue weighted by atomic mass is 10.2. The van der Waals surface area contributed by atoms with Gasteiger partial charge in [0.1, 0.15) is 6.61 Å². The molecule has 0 amide bonds. The van der Waals surface area contributed by atoms with E-state index in [2.05, 4.69) is 4.18 Å². The minimum absolute atomic E-state index is 0.00895. The molecule has 0 aromatic carbocycles. The van der Waals surface area contributed by atoms with Gasteiger partial charge in [0.05, 0.1) is 5.75 Å². The lowest BCUT2D eigenvalue weighted by Crippen LogP contribution is -2.42. The fourth-order valence-corrected chi connectivity index (χ4v) is 1.76. The Morgan fingerprint density at radius 1 is 1.19 bits per heavy atom. The molecule has 0 saturated heterocycles. The summed E-state index contributed by atoms with van der Waals surface area (Å²) in [6.45, 7) is -0.123. The molecule has 0 fully saturated rings. The molecule has 0 spiro atoms. The summed E-state index contributed by atoms with van der Waals surface area (Å²) < 4.78 is 75.7. The molecule has 8 heteroatoms. The molecule has 0 aromatic heterocycles. The van der Waals surface area contributed by atoms with Gasteiger partial charge in [0, 0.05) is 6.92 Å². The van der Waals surface area contributed by atoms with E-state index in [9.17, 15) is 26.0 Å². The van der Waals surface area contributed by atoms with E-state index in [0.717, 1.165) is 0 Å². The number of alkyl halides is 4. The maximum atomic E-state index is 12.6. The van der Waals surface area contributed by atoms with Crippen LogP contribution in [0.5, 0.6) is 0 Å². The van der Waals surface area contributed by atoms with Crippen molar-refractivity contribution in [3.05, 3.63) is 0 Å². The topological polar surface area (TPSA) is 43.4 Å². The Morgan fingerprint density at radius 2 is 1.69 bits per heavy atom. The molecule has 0 aliphatic carbocycles. The van der Waals surface area contributed by atoms with E-state index in [1.54, 1.807) is 6.92 Å². The van der Waals surface area contributed by atoms with Gasteiger partial charge in [0.25, 0.3) is 10.1 Å². The van der Waals surface area contributed by atoms with E-state index < -0.39 is 34.3 Å². The van der Waals surface area contributed by atoms with E-state index in [-0.39, 0.29) is 13.3 Å². The number of hydrogen-bond donors (Lipinski definition) is 0. The maximum absolute atomic E-state index is 12.6. The molecule has 0 aliphatic rings. The molecule has 0 rings (SSSR count). The molecule has 98 valence electrons. The molecule has 0 aliphatic heterocycles. The second-order valence-corrected chi connectivity index (χ2v) is 5.23. The van der Waals surface area contributed by atoms with Gasteiger partial charge in [0.15, 0.2) is 0 Å². The molecule has 0 N–H and O–H groups in total. The normalized spacial score (nSPS) is 14.1. The number of hydrogen-bond acceptors (Lipinski definition) is 3. The summed E-state index contributed by atoms with van der Waals surface area (Å²) in [6, 6.07) is 0. The van der Waals surface area contributed by atoms with Crippen LogP contribution >= 0.6 is 0 Å². The fourth-order valence-electron chi connectivity index (χ4n) is 0.671. The van der Waals surface area contributed by atoms with Crippen LogP contribution in [-0.2, 0) is 14.3 Å². The van der Waals surface area contributed by atoms with E-state index in [0.29, 0.717) is 6.42 Å². The van der Waals surface area contributed by atoms with Crippen molar-refractivity contribution in [2.24, 2.45) is 0 Å². The van der Waals surface area contributed by atoms with E-state index in [1.807, 2.05) is 0 Å². The van der Waals surface area contributed by atoms with E-state index in [1.165, 1.54) is 0 Å². The summed E-state index contributed by atoms with van der Waals surface area (Å²) in [6.07, 6.45) is 0.763. The van der Waals surface area contributed by atoms with Gasteiger partial charge < -0.3 is 0 Å². The molecule has 0 atom stereocenters. The van der Waals surface area contributed by atoms with Gasteiger partial charge in [-0.2, -0.15) is 17.2 Å². The third-order valence-electron chi connectivity index (χ3n) is 1.81. The molecule has 0 aromatic rings. The summed E-state index contributed by atoms with van der Waals surface area (Å²) >= 11 is 0. The number of unbranched alkanes of at least 4 members (excludes halogenated alkanes) is 1. The Balaban J connectivity index is 4.35. The first-order valence-electron chi connectivity index (χ1n) is 4.64. The van der Waals surface area contributed by atoms with Crippen LogP contribution in [0.3, 0.4) is 0 Å². The van der Waals surface area contributed by atoms with E-state index >= 15 is 0 Å². The molecule has 3 nitrogen and oxygen atoms in total. The zero-order valence-electron chi connectivity index (χ0n) is 8.97. The minimum atomic E-state index is -4.49. The fraction of sp³-hybridized carbons (Fsp3) is 1.00. The third kappa shape index (κ3) is 5.11. The van der Waals surface area contributed by atoms with E-state index in [4.69, 9.17) is 0 Å². The van der Waals surface area contributed by atoms with Crippen LogP contribution in [0.2, 0.25) is 0 Å². The predicted octanol–water partition coefficient (Wildman–Crippen LogP) is 2.42. The van der Waals surface area contributed by atoms with Gasteiger partial charge >= 0.3 is 11.8 Å². The van der Waals surface area contributed by atoms with Crippen LogP contribution in [0.1, 0.15) is 26.7 Å². The minimum Gasteiger partial charge on any atom is -0.263 e. The first-order valence-corrected chi connectivity index (χ1v) is 6.22. The van der Waals surface area contributed by atoms with Crippen LogP contribution in [0, 0.1) is 0 Å². The second kappa shape index (κ2) is 5.31.